The van der Waals surface area contributed by atoms with Crippen LogP contribution in [0.2, 0.25) is 0 Å². The highest BCUT2D eigenvalue weighted by molar-refractivity contribution is 5.91. The maximum Gasteiger partial charge on any atom is 0.276 e. The molecule has 3 aromatic rings. The standard InChI is InChI=1S/C20H23N5O.ClH/c21-12-7-13-24(14-17-8-3-1-4-9-17)20(26)19-16-25(23-22-19)15-18-10-5-2-6-11-18;/h1-6,8-11,16H,7,12-15,21H2;1H. The zero-order valence-electron chi connectivity index (χ0n) is 15.1. The first-order valence-electron chi connectivity index (χ1n) is 8.73. The smallest absolute Gasteiger partial charge is 0.276 e. The van der Waals surface area contributed by atoms with Crippen LogP contribution in [-0.2, 0) is 13.1 Å². The number of hydrogen-bond acceptors (Lipinski definition) is 4. The van der Waals surface area contributed by atoms with Crippen molar-refractivity contribution in [3.8, 4) is 0 Å². The van der Waals surface area contributed by atoms with Gasteiger partial charge in [0.1, 0.15) is 0 Å². The van der Waals surface area contributed by atoms with Crippen molar-refractivity contribution in [3.05, 3.63) is 83.7 Å². The van der Waals surface area contributed by atoms with Gasteiger partial charge in [-0.15, -0.1) is 17.5 Å². The average Bonchev–Trinajstić information content (AvgIpc) is 3.14. The summed E-state index contributed by atoms with van der Waals surface area (Å²) in [6.45, 7) is 2.25. The van der Waals surface area contributed by atoms with Crippen molar-refractivity contribution in [1.82, 2.24) is 19.9 Å². The fourth-order valence-electron chi connectivity index (χ4n) is 2.74. The maximum atomic E-state index is 12.9. The molecule has 1 amide bonds. The number of nitrogens with two attached hydrogens (primary N) is 1. The second-order valence-corrected chi connectivity index (χ2v) is 6.14. The van der Waals surface area contributed by atoms with Gasteiger partial charge >= 0.3 is 0 Å². The van der Waals surface area contributed by atoms with E-state index in [2.05, 4.69) is 10.3 Å². The van der Waals surface area contributed by atoms with E-state index in [0.717, 1.165) is 17.5 Å². The fraction of sp³-hybridized carbons (Fsp3) is 0.250. The summed E-state index contributed by atoms with van der Waals surface area (Å²) in [7, 11) is 0. The Balaban J connectivity index is 0.00000261. The van der Waals surface area contributed by atoms with Crippen molar-refractivity contribution in [2.75, 3.05) is 13.1 Å². The number of amides is 1. The van der Waals surface area contributed by atoms with Gasteiger partial charge in [-0.2, -0.15) is 0 Å². The Morgan fingerprint density at radius 3 is 2.26 bits per heavy atom. The Morgan fingerprint density at radius 2 is 1.63 bits per heavy atom. The Morgan fingerprint density at radius 1 is 1.00 bits per heavy atom. The van der Waals surface area contributed by atoms with Crippen molar-refractivity contribution in [2.45, 2.75) is 19.5 Å². The molecule has 6 nitrogen and oxygen atoms in total. The van der Waals surface area contributed by atoms with Crippen LogP contribution < -0.4 is 5.73 Å². The summed E-state index contributed by atoms with van der Waals surface area (Å²) >= 11 is 0. The van der Waals surface area contributed by atoms with E-state index in [0.29, 0.717) is 31.9 Å². The second-order valence-electron chi connectivity index (χ2n) is 6.14. The zero-order chi connectivity index (χ0) is 18.2. The monoisotopic (exact) mass is 385 g/mol. The molecule has 0 radical (unpaired) electrons. The third-order valence-electron chi connectivity index (χ3n) is 4.08. The predicted octanol–water partition coefficient (Wildman–Crippen LogP) is 2.74. The van der Waals surface area contributed by atoms with E-state index in [9.17, 15) is 4.79 Å². The van der Waals surface area contributed by atoms with Crippen LogP contribution in [-0.4, -0.2) is 38.9 Å². The molecule has 0 spiro atoms. The van der Waals surface area contributed by atoms with Gasteiger partial charge in [-0.25, -0.2) is 4.68 Å². The van der Waals surface area contributed by atoms with E-state index in [1.807, 2.05) is 60.7 Å². The highest BCUT2D eigenvalue weighted by Gasteiger charge is 2.19. The number of rotatable bonds is 8. The van der Waals surface area contributed by atoms with Gasteiger partial charge in [0.15, 0.2) is 5.69 Å². The van der Waals surface area contributed by atoms with E-state index in [1.165, 1.54) is 0 Å². The van der Waals surface area contributed by atoms with E-state index >= 15 is 0 Å². The summed E-state index contributed by atoms with van der Waals surface area (Å²) in [5, 5.41) is 8.17. The number of carbonyl (C=O) groups is 1. The molecule has 7 heteroatoms. The molecule has 1 aromatic heterocycles. The molecule has 0 aliphatic carbocycles. The molecule has 2 aromatic carbocycles. The third kappa shape index (κ3) is 5.91. The molecule has 1 heterocycles. The minimum Gasteiger partial charge on any atom is -0.333 e. The maximum absolute atomic E-state index is 12.9. The van der Waals surface area contributed by atoms with E-state index in [1.54, 1.807) is 15.8 Å². The van der Waals surface area contributed by atoms with Gasteiger partial charge in [-0.1, -0.05) is 65.9 Å². The Hall–Kier alpha value is -2.70. The number of benzene rings is 2. The molecule has 3 rings (SSSR count). The van der Waals surface area contributed by atoms with Gasteiger partial charge in [-0.3, -0.25) is 4.79 Å². The lowest BCUT2D eigenvalue weighted by Gasteiger charge is -2.21. The number of carbonyl (C=O) groups excluding carboxylic acids is 1. The first-order valence-corrected chi connectivity index (χ1v) is 8.73. The van der Waals surface area contributed by atoms with Crippen molar-refractivity contribution in [1.29, 1.82) is 0 Å². The second kappa shape index (κ2) is 10.4. The molecule has 0 atom stereocenters. The zero-order valence-corrected chi connectivity index (χ0v) is 15.9. The number of nitrogens with zero attached hydrogens (tertiary/aromatic N) is 4. The highest BCUT2D eigenvalue weighted by Crippen LogP contribution is 2.10. The van der Waals surface area contributed by atoms with Gasteiger partial charge < -0.3 is 10.6 Å². The van der Waals surface area contributed by atoms with E-state index in [-0.39, 0.29) is 18.3 Å². The van der Waals surface area contributed by atoms with Gasteiger partial charge in [0.05, 0.1) is 12.7 Å². The first-order chi connectivity index (χ1) is 12.8. The molecule has 0 fully saturated rings. The van der Waals surface area contributed by atoms with Crippen molar-refractivity contribution in [2.24, 2.45) is 5.73 Å². The number of halogens is 1. The van der Waals surface area contributed by atoms with Gasteiger partial charge in [0.25, 0.3) is 5.91 Å². The molecule has 0 saturated heterocycles. The van der Waals surface area contributed by atoms with Gasteiger partial charge in [0.2, 0.25) is 0 Å². The van der Waals surface area contributed by atoms with Crippen LogP contribution in [0.3, 0.4) is 0 Å². The lowest BCUT2D eigenvalue weighted by molar-refractivity contribution is 0.0736. The van der Waals surface area contributed by atoms with E-state index in [4.69, 9.17) is 5.73 Å². The molecular weight excluding hydrogens is 362 g/mol. The van der Waals surface area contributed by atoms with Crippen molar-refractivity contribution < 1.29 is 4.79 Å². The van der Waals surface area contributed by atoms with Crippen LogP contribution in [0.5, 0.6) is 0 Å². The Bertz CT molecular complexity index is 823. The average molecular weight is 386 g/mol. The predicted molar refractivity (Wildman–Crippen MR) is 108 cm³/mol. The normalized spacial score (nSPS) is 10.3. The van der Waals surface area contributed by atoms with Crippen LogP contribution in [0.1, 0.15) is 28.0 Å². The molecule has 27 heavy (non-hydrogen) atoms. The minimum absolute atomic E-state index is 0. The summed E-state index contributed by atoms with van der Waals surface area (Å²) in [4.78, 5) is 14.7. The molecule has 0 bridgehead atoms. The largest absolute Gasteiger partial charge is 0.333 e. The summed E-state index contributed by atoms with van der Waals surface area (Å²) in [6.07, 6.45) is 2.45. The summed E-state index contributed by atoms with van der Waals surface area (Å²) in [5.74, 6) is -0.124. The topological polar surface area (TPSA) is 77.0 Å². The molecule has 0 aliphatic rings. The molecule has 0 aliphatic heterocycles. The SMILES string of the molecule is Cl.NCCCN(Cc1ccccc1)C(=O)c1cn(Cc2ccccc2)nn1. The quantitative estimate of drug-likeness (QED) is 0.646. The summed E-state index contributed by atoms with van der Waals surface area (Å²) < 4.78 is 1.69. The minimum atomic E-state index is -0.124. The lowest BCUT2D eigenvalue weighted by Crippen LogP contribution is -2.32. The molecule has 2 N–H and O–H groups in total. The Labute approximate surface area is 165 Å². The van der Waals surface area contributed by atoms with E-state index < -0.39 is 0 Å². The highest BCUT2D eigenvalue weighted by atomic mass is 35.5. The van der Waals surface area contributed by atoms with Crippen LogP contribution in [0.4, 0.5) is 0 Å². The third-order valence-corrected chi connectivity index (χ3v) is 4.08. The molecule has 142 valence electrons. The fourth-order valence-corrected chi connectivity index (χ4v) is 2.74. The summed E-state index contributed by atoms with van der Waals surface area (Å²) in [5.41, 5.74) is 8.17. The van der Waals surface area contributed by atoms with Crippen molar-refractivity contribution >= 4 is 18.3 Å². The van der Waals surface area contributed by atoms with Gasteiger partial charge in [0, 0.05) is 13.1 Å². The number of aromatic nitrogens is 3. The van der Waals surface area contributed by atoms with Crippen LogP contribution in [0.25, 0.3) is 0 Å². The molecule has 0 unspecified atom stereocenters. The van der Waals surface area contributed by atoms with Crippen LogP contribution in [0, 0.1) is 0 Å². The van der Waals surface area contributed by atoms with Crippen LogP contribution >= 0.6 is 12.4 Å². The molecule has 0 saturated carbocycles. The first kappa shape index (κ1) is 20.6. The Kier molecular flexibility index (Phi) is 7.98. The van der Waals surface area contributed by atoms with Crippen molar-refractivity contribution in [3.63, 3.8) is 0 Å². The van der Waals surface area contributed by atoms with Gasteiger partial charge in [-0.05, 0) is 24.1 Å². The summed E-state index contributed by atoms with van der Waals surface area (Å²) in [6, 6.07) is 19.9. The molecular formula is C20H24ClN5O. The number of hydrogen-bond donors (Lipinski definition) is 1. The van der Waals surface area contributed by atoms with Crippen LogP contribution in [0.15, 0.2) is 66.9 Å². The lowest BCUT2D eigenvalue weighted by atomic mass is 10.2.